The Morgan fingerprint density at radius 3 is 2.33 bits per heavy atom. The number of aliphatic hydroxyl groups excluding tert-OH is 1. The minimum Gasteiger partial charge on any atom is -0.395 e. The Bertz CT molecular complexity index is 337. The highest BCUT2D eigenvalue weighted by Gasteiger charge is 2.23. The van der Waals surface area contributed by atoms with Gasteiger partial charge in [0.05, 0.1) is 12.6 Å². The van der Waals surface area contributed by atoms with Gasteiger partial charge in [0, 0.05) is 25.3 Å². The van der Waals surface area contributed by atoms with E-state index in [-0.39, 0.29) is 12.6 Å². The smallest absolute Gasteiger partial charge is 0.0604 e. The molecule has 1 N–H and O–H groups in total. The average molecular weight is 250 g/mol. The van der Waals surface area contributed by atoms with E-state index in [1.54, 1.807) is 0 Å². The van der Waals surface area contributed by atoms with E-state index in [1.165, 1.54) is 11.3 Å². The van der Waals surface area contributed by atoms with Gasteiger partial charge in [-0.2, -0.15) is 0 Å². The number of nitrogens with zero attached hydrogens (tertiary/aromatic N) is 2. The van der Waals surface area contributed by atoms with Gasteiger partial charge in [0.15, 0.2) is 0 Å². The number of rotatable bonds is 2. The van der Waals surface area contributed by atoms with E-state index < -0.39 is 0 Å². The van der Waals surface area contributed by atoms with E-state index in [2.05, 4.69) is 48.0 Å². The van der Waals surface area contributed by atoms with Crippen molar-refractivity contribution in [1.82, 2.24) is 4.90 Å². The van der Waals surface area contributed by atoms with Gasteiger partial charge in [0.2, 0.25) is 0 Å². The lowest BCUT2D eigenvalue weighted by Gasteiger charge is -2.39. The van der Waals surface area contributed by atoms with Crippen LogP contribution in [0.15, 0.2) is 24.3 Å². The molecular weight excluding hydrogens is 224 g/mol. The predicted molar refractivity (Wildman–Crippen MR) is 78.2 cm³/mol. The summed E-state index contributed by atoms with van der Waals surface area (Å²) in [5, 5.41) is 9.30. The Labute approximate surface area is 111 Å². The van der Waals surface area contributed by atoms with Gasteiger partial charge in [-0.25, -0.2) is 0 Å². The Balaban J connectivity index is 0.000000771. The predicted octanol–water partition coefficient (Wildman–Crippen LogP) is 2.13. The van der Waals surface area contributed by atoms with Crippen LogP contribution in [0.1, 0.15) is 19.4 Å². The molecule has 3 nitrogen and oxygen atoms in total. The molecule has 102 valence electrons. The van der Waals surface area contributed by atoms with Crippen molar-refractivity contribution in [2.75, 3.05) is 38.2 Å². The number of aliphatic hydroxyl groups is 1. The van der Waals surface area contributed by atoms with Crippen molar-refractivity contribution in [1.29, 1.82) is 0 Å². The maximum Gasteiger partial charge on any atom is 0.0604 e. The second-order valence-electron chi connectivity index (χ2n) is 4.60. The van der Waals surface area contributed by atoms with Crippen LogP contribution in [0.4, 0.5) is 5.69 Å². The average Bonchev–Trinajstić information content (AvgIpc) is 2.43. The summed E-state index contributed by atoms with van der Waals surface area (Å²) in [6, 6.07) is 8.86. The van der Waals surface area contributed by atoms with E-state index >= 15 is 0 Å². The largest absolute Gasteiger partial charge is 0.395 e. The number of anilines is 1. The molecule has 0 spiro atoms. The fourth-order valence-corrected chi connectivity index (χ4v) is 2.13. The summed E-state index contributed by atoms with van der Waals surface area (Å²) in [5.41, 5.74) is 2.55. The molecule has 1 aliphatic heterocycles. The van der Waals surface area contributed by atoms with Crippen molar-refractivity contribution in [2.24, 2.45) is 0 Å². The van der Waals surface area contributed by atoms with Crippen LogP contribution in [0.2, 0.25) is 0 Å². The number of hydrogen-bond acceptors (Lipinski definition) is 3. The lowest BCUT2D eigenvalue weighted by Crippen LogP contribution is -2.53. The molecule has 1 aliphatic rings. The van der Waals surface area contributed by atoms with E-state index in [1.807, 2.05) is 13.8 Å². The van der Waals surface area contributed by atoms with E-state index in [0.29, 0.717) is 0 Å². The minimum atomic E-state index is 0.235. The molecule has 18 heavy (non-hydrogen) atoms. The van der Waals surface area contributed by atoms with Gasteiger partial charge in [-0.1, -0.05) is 31.5 Å². The first-order valence-electron chi connectivity index (χ1n) is 6.83. The third-order valence-electron chi connectivity index (χ3n) is 3.39. The number of benzene rings is 1. The van der Waals surface area contributed by atoms with Gasteiger partial charge in [-0.05, 0) is 26.1 Å². The Hall–Kier alpha value is -1.06. The maximum absolute atomic E-state index is 9.30. The molecule has 1 fully saturated rings. The molecule has 0 saturated carbocycles. The van der Waals surface area contributed by atoms with E-state index in [4.69, 9.17) is 0 Å². The van der Waals surface area contributed by atoms with Crippen molar-refractivity contribution >= 4 is 5.69 Å². The van der Waals surface area contributed by atoms with Crippen molar-refractivity contribution < 1.29 is 5.11 Å². The molecule has 0 amide bonds. The van der Waals surface area contributed by atoms with Crippen LogP contribution in [0, 0.1) is 6.92 Å². The highest BCUT2D eigenvalue weighted by Crippen LogP contribution is 2.18. The molecule has 3 heteroatoms. The zero-order valence-corrected chi connectivity index (χ0v) is 12.1. The number of likely N-dealkylation sites (N-methyl/N-ethyl adjacent to an activating group) is 1. The Morgan fingerprint density at radius 1 is 1.17 bits per heavy atom. The van der Waals surface area contributed by atoms with Crippen LogP contribution in [-0.2, 0) is 0 Å². The molecule has 1 atom stereocenters. The summed E-state index contributed by atoms with van der Waals surface area (Å²) in [6.07, 6.45) is 0. The van der Waals surface area contributed by atoms with Crippen LogP contribution < -0.4 is 4.90 Å². The summed E-state index contributed by atoms with van der Waals surface area (Å²) in [5.74, 6) is 0. The van der Waals surface area contributed by atoms with Crippen LogP contribution in [0.25, 0.3) is 0 Å². The molecule has 1 saturated heterocycles. The number of piperazine rings is 1. The molecule has 1 heterocycles. The third kappa shape index (κ3) is 3.72. The molecule has 1 aromatic carbocycles. The molecule has 1 unspecified atom stereocenters. The van der Waals surface area contributed by atoms with Gasteiger partial charge in [0.1, 0.15) is 0 Å². The first-order valence-corrected chi connectivity index (χ1v) is 6.83. The molecule has 0 bridgehead atoms. The maximum atomic E-state index is 9.30. The molecule has 1 aromatic rings. The molecule has 0 aliphatic carbocycles. The van der Waals surface area contributed by atoms with Crippen LogP contribution in [0.3, 0.4) is 0 Å². The van der Waals surface area contributed by atoms with Gasteiger partial charge in [-0.15, -0.1) is 0 Å². The van der Waals surface area contributed by atoms with Crippen molar-refractivity contribution in [3.05, 3.63) is 29.8 Å². The molecular formula is C15H26N2O. The fourth-order valence-electron chi connectivity index (χ4n) is 2.13. The number of aryl methyl sites for hydroxylation is 1. The van der Waals surface area contributed by atoms with Crippen LogP contribution in [0.5, 0.6) is 0 Å². The van der Waals surface area contributed by atoms with Crippen molar-refractivity contribution in [3.63, 3.8) is 0 Å². The highest BCUT2D eigenvalue weighted by molar-refractivity contribution is 5.48. The van der Waals surface area contributed by atoms with Gasteiger partial charge in [-0.3, -0.25) is 4.90 Å². The Kier molecular flexibility index (Phi) is 6.16. The van der Waals surface area contributed by atoms with Gasteiger partial charge < -0.3 is 10.0 Å². The van der Waals surface area contributed by atoms with Gasteiger partial charge >= 0.3 is 0 Å². The van der Waals surface area contributed by atoms with Crippen LogP contribution in [-0.4, -0.2) is 49.3 Å². The van der Waals surface area contributed by atoms with Crippen molar-refractivity contribution in [3.8, 4) is 0 Å². The van der Waals surface area contributed by atoms with Crippen molar-refractivity contribution in [2.45, 2.75) is 26.8 Å². The highest BCUT2D eigenvalue weighted by atomic mass is 16.3. The molecule has 0 aromatic heterocycles. The first kappa shape index (κ1) is 15.0. The van der Waals surface area contributed by atoms with Crippen LogP contribution >= 0.6 is 0 Å². The molecule has 2 rings (SSSR count). The zero-order valence-electron chi connectivity index (χ0n) is 12.1. The first-order chi connectivity index (χ1) is 8.70. The summed E-state index contributed by atoms with van der Waals surface area (Å²) in [7, 11) is 2.08. The minimum absolute atomic E-state index is 0.235. The third-order valence-corrected chi connectivity index (χ3v) is 3.39. The van der Waals surface area contributed by atoms with Gasteiger partial charge in [0.25, 0.3) is 0 Å². The zero-order chi connectivity index (χ0) is 13.5. The monoisotopic (exact) mass is 250 g/mol. The number of hydrogen-bond donors (Lipinski definition) is 1. The summed E-state index contributed by atoms with van der Waals surface area (Å²) < 4.78 is 0. The normalized spacial score (nSPS) is 20.3. The van der Waals surface area contributed by atoms with E-state index in [0.717, 1.165) is 19.6 Å². The lowest BCUT2D eigenvalue weighted by molar-refractivity contribution is 0.135. The second kappa shape index (κ2) is 7.39. The molecule has 0 radical (unpaired) electrons. The Morgan fingerprint density at radius 2 is 1.78 bits per heavy atom. The quantitative estimate of drug-likeness (QED) is 0.871. The topological polar surface area (TPSA) is 26.7 Å². The summed E-state index contributed by atoms with van der Waals surface area (Å²) in [6.45, 7) is 9.30. The summed E-state index contributed by atoms with van der Waals surface area (Å²) in [4.78, 5) is 4.57. The van der Waals surface area contributed by atoms with E-state index in [9.17, 15) is 5.11 Å². The second-order valence-corrected chi connectivity index (χ2v) is 4.60. The summed E-state index contributed by atoms with van der Waals surface area (Å²) >= 11 is 0. The SMILES string of the molecule is CC.Cc1ccc(N2CCN(C)C(CO)C2)cc1. The lowest BCUT2D eigenvalue weighted by atomic mass is 10.1. The fraction of sp³-hybridized carbons (Fsp3) is 0.600. The standard InChI is InChI=1S/C13H20N2O.C2H6/c1-11-3-5-12(6-4-11)15-8-7-14(2)13(9-15)10-16;1-2/h3-6,13,16H,7-10H2,1-2H3;1-2H3.